The van der Waals surface area contributed by atoms with Gasteiger partial charge in [0.05, 0.1) is 5.52 Å². The van der Waals surface area contributed by atoms with Gasteiger partial charge in [0.2, 0.25) is 0 Å². The van der Waals surface area contributed by atoms with Gasteiger partial charge in [0.25, 0.3) is 0 Å². The van der Waals surface area contributed by atoms with Crippen LogP contribution in [0.15, 0.2) is 59.5 Å². The second-order valence-electron chi connectivity index (χ2n) is 6.68. The minimum absolute atomic E-state index is 0.270. The van der Waals surface area contributed by atoms with Crippen LogP contribution in [0.2, 0.25) is 0 Å². The minimum Gasteiger partial charge on any atom is -0.384 e. The lowest BCUT2D eigenvalue weighted by atomic mass is 10.1. The zero-order chi connectivity index (χ0) is 19.7. The van der Waals surface area contributed by atoms with Crippen molar-refractivity contribution in [1.82, 2.24) is 19.5 Å². The van der Waals surface area contributed by atoms with E-state index in [4.69, 9.17) is 16.5 Å². The summed E-state index contributed by atoms with van der Waals surface area (Å²) in [6.45, 7) is 2.79. The van der Waals surface area contributed by atoms with Gasteiger partial charge < -0.3 is 16.4 Å². The lowest BCUT2D eigenvalue weighted by molar-refractivity contribution is 0.357. The minimum atomic E-state index is -0.379. The Morgan fingerprint density at radius 3 is 2.79 bits per heavy atom. The number of benzene rings is 1. The Balaban J connectivity index is 1.84. The second kappa shape index (κ2) is 7.40. The molecular weight excluding hydrogens is 357 g/mol. The maximum absolute atomic E-state index is 14.2. The van der Waals surface area contributed by atoms with Crippen molar-refractivity contribution in [1.29, 1.82) is 0 Å². The van der Waals surface area contributed by atoms with Crippen molar-refractivity contribution in [3.63, 3.8) is 0 Å². The van der Waals surface area contributed by atoms with Crippen LogP contribution in [-0.2, 0) is 6.42 Å². The number of aliphatic imine (C=N–C) groups is 1. The number of imidazole rings is 1. The van der Waals surface area contributed by atoms with E-state index in [-0.39, 0.29) is 12.0 Å². The number of fused-ring (bicyclic) bond motifs is 1. The molecule has 2 aromatic heterocycles. The van der Waals surface area contributed by atoms with E-state index < -0.39 is 0 Å². The van der Waals surface area contributed by atoms with Gasteiger partial charge in [-0.3, -0.25) is 0 Å². The summed E-state index contributed by atoms with van der Waals surface area (Å²) in [7, 11) is 0. The van der Waals surface area contributed by atoms with Crippen LogP contribution in [0.1, 0.15) is 30.4 Å². The molecule has 0 saturated heterocycles. The molecule has 0 bridgehead atoms. The van der Waals surface area contributed by atoms with Gasteiger partial charge >= 0.3 is 0 Å². The quantitative estimate of drug-likeness (QED) is 0.707. The molecule has 0 aliphatic carbocycles. The number of nitrogens with two attached hydrogens (primary N) is 2. The van der Waals surface area contributed by atoms with Crippen LogP contribution in [0.5, 0.6) is 0 Å². The SMILES string of the molecule is CCCN1C(c2nc(Cc3ccccc3F)n3ncccc23)=NC(N)=CC1N. The molecule has 0 saturated carbocycles. The summed E-state index contributed by atoms with van der Waals surface area (Å²) < 4.78 is 15.9. The van der Waals surface area contributed by atoms with E-state index >= 15 is 0 Å². The Labute approximate surface area is 162 Å². The third-order valence-corrected chi connectivity index (χ3v) is 4.67. The highest BCUT2D eigenvalue weighted by atomic mass is 19.1. The molecule has 0 radical (unpaired) electrons. The van der Waals surface area contributed by atoms with Crippen molar-refractivity contribution in [3.8, 4) is 0 Å². The predicted octanol–water partition coefficient (Wildman–Crippen LogP) is 2.02. The third kappa shape index (κ3) is 3.22. The van der Waals surface area contributed by atoms with E-state index in [0.29, 0.717) is 41.7 Å². The molecule has 3 aromatic rings. The highest BCUT2D eigenvalue weighted by Crippen LogP contribution is 2.21. The summed E-state index contributed by atoms with van der Waals surface area (Å²) in [6.07, 6.45) is 4.22. The molecule has 0 fully saturated rings. The molecular formula is C20H22FN7. The summed E-state index contributed by atoms with van der Waals surface area (Å²) in [6, 6.07) is 10.4. The van der Waals surface area contributed by atoms with Gasteiger partial charge in [-0.15, -0.1) is 0 Å². The van der Waals surface area contributed by atoms with Crippen molar-refractivity contribution < 1.29 is 4.39 Å². The van der Waals surface area contributed by atoms with Gasteiger partial charge in [-0.05, 0) is 36.3 Å². The van der Waals surface area contributed by atoms with Crippen LogP contribution in [-0.4, -0.2) is 38.0 Å². The van der Waals surface area contributed by atoms with Crippen LogP contribution in [0, 0.1) is 5.82 Å². The highest BCUT2D eigenvalue weighted by Gasteiger charge is 2.27. The van der Waals surface area contributed by atoms with Crippen molar-refractivity contribution >= 4 is 11.4 Å². The topological polar surface area (TPSA) is 97.8 Å². The zero-order valence-corrected chi connectivity index (χ0v) is 15.6. The highest BCUT2D eigenvalue weighted by molar-refractivity contribution is 6.04. The molecule has 8 heteroatoms. The number of halogens is 1. The molecule has 0 spiro atoms. The fraction of sp³-hybridized carbons (Fsp3) is 0.250. The molecule has 1 aromatic carbocycles. The summed E-state index contributed by atoms with van der Waals surface area (Å²) in [5.41, 5.74) is 14.2. The maximum atomic E-state index is 14.2. The normalized spacial score (nSPS) is 17.0. The maximum Gasteiger partial charge on any atom is 0.160 e. The zero-order valence-electron chi connectivity index (χ0n) is 15.6. The standard InChI is InChI=1S/C20H22FN7/c1-2-10-27-17(23)12-16(22)25-20(27)19-15-8-5-9-24-28(15)18(26-19)11-13-6-3-4-7-14(13)21/h3-9,12,17H,2,10-11,22-23H2,1H3. The van der Waals surface area contributed by atoms with Gasteiger partial charge in [0, 0.05) is 19.2 Å². The Hall–Kier alpha value is -3.26. The van der Waals surface area contributed by atoms with E-state index in [1.807, 2.05) is 17.0 Å². The first-order valence-electron chi connectivity index (χ1n) is 9.23. The number of hydrogen-bond donors (Lipinski definition) is 2. The first-order valence-corrected chi connectivity index (χ1v) is 9.23. The number of rotatable bonds is 5. The van der Waals surface area contributed by atoms with Gasteiger partial charge in [0.1, 0.15) is 29.3 Å². The van der Waals surface area contributed by atoms with E-state index in [9.17, 15) is 4.39 Å². The van der Waals surface area contributed by atoms with Crippen molar-refractivity contribution in [3.05, 3.63) is 77.4 Å². The Bertz CT molecular complexity index is 1070. The van der Waals surface area contributed by atoms with Crippen LogP contribution in [0.3, 0.4) is 0 Å². The molecule has 3 heterocycles. The Morgan fingerprint density at radius 2 is 2.00 bits per heavy atom. The average molecular weight is 379 g/mol. The largest absolute Gasteiger partial charge is 0.384 e. The second-order valence-corrected chi connectivity index (χ2v) is 6.68. The molecule has 144 valence electrons. The van der Waals surface area contributed by atoms with Crippen LogP contribution >= 0.6 is 0 Å². The molecule has 4 N–H and O–H groups in total. The van der Waals surface area contributed by atoms with Crippen LogP contribution < -0.4 is 11.5 Å². The first-order chi connectivity index (χ1) is 13.6. The average Bonchev–Trinajstić information content (AvgIpc) is 3.04. The monoisotopic (exact) mass is 379 g/mol. The van der Waals surface area contributed by atoms with Gasteiger partial charge in [-0.25, -0.2) is 18.9 Å². The lowest BCUT2D eigenvalue weighted by Gasteiger charge is -2.32. The number of amidine groups is 1. The smallest absolute Gasteiger partial charge is 0.160 e. The predicted molar refractivity (Wildman–Crippen MR) is 106 cm³/mol. The summed E-state index contributed by atoms with van der Waals surface area (Å²) in [5.74, 6) is 1.32. The van der Waals surface area contributed by atoms with Crippen molar-refractivity contribution in [2.24, 2.45) is 16.5 Å². The van der Waals surface area contributed by atoms with Gasteiger partial charge in [-0.2, -0.15) is 5.10 Å². The molecule has 7 nitrogen and oxygen atoms in total. The Morgan fingerprint density at radius 1 is 1.18 bits per heavy atom. The number of hydrogen-bond acceptors (Lipinski definition) is 6. The molecule has 1 atom stereocenters. The molecule has 1 aliphatic heterocycles. The van der Waals surface area contributed by atoms with Crippen molar-refractivity contribution in [2.45, 2.75) is 25.9 Å². The van der Waals surface area contributed by atoms with Crippen molar-refractivity contribution in [2.75, 3.05) is 6.54 Å². The van der Waals surface area contributed by atoms with Gasteiger partial charge in [0.15, 0.2) is 5.84 Å². The number of aromatic nitrogens is 3. The molecule has 28 heavy (non-hydrogen) atoms. The van der Waals surface area contributed by atoms with E-state index in [2.05, 4.69) is 17.0 Å². The molecule has 1 aliphatic rings. The fourth-order valence-electron chi connectivity index (χ4n) is 3.40. The van der Waals surface area contributed by atoms with Crippen LogP contribution in [0.25, 0.3) is 5.52 Å². The summed E-state index contributed by atoms with van der Waals surface area (Å²) >= 11 is 0. The third-order valence-electron chi connectivity index (χ3n) is 4.67. The molecule has 1 unspecified atom stereocenters. The van der Waals surface area contributed by atoms with E-state index in [0.717, 1.165) is 11.9 Å². The summed E-state index contributed by atoms with van der Waals surface area (Å²) in [5, 5.41) is 4.41. The number of nitrogens with zero attached hydrogens (tertiary/aromatic N) is 5. The van der Waals surface area contributed by atoms with E-state index in [1.54, 1.807) is 35.0 Å². The molecule has 4 rings (SSSR count). The van der Waals surface area contributed by atoms with E-state index in [1.165, 1.54) is 6.07 Å². The van der Waals surface area contributed by atoms with Gasteiger partial charge in [-0.1, -0.05) is 25.1 Å². The fourth-order valence-corrected chi connectivity index (χ4v) is 3.40. The Kier molecular flexibility index (Phi) is 4.79. The summed E-state index contributed by atoms with van der Waals surface area (Å²) in [4.78, 5) is 11.3. The van der Waals surface area contributed by atoms with Crippen LogP contribution in [0.4, 0.5) is 4.39 Å². The molecule has 0 amide bonds. The first kappa shape index (κ1) is 18.1. The lowest BCUT2D eigenvalue weighted by Crippen LogP contribution is -2.48.